The number of para-hydroxylation sites is 1. The Bertz CT molecular complexity index is 520. The van der Waals surface area contributed by atoms with Crippen molar-refractivity contribution in [1.82, 2.24) is 5.32 Å². The van der Waals surface area contributed by atoms with Gasteiger partial charge >= 0.3 is 0 Å². The van der Waals surface area contributed by atoms with E-state index < -0.39 is 0 Å². The molecule has 2 saturated carbocycles. The zero-order valence-electron chi connectivity index (χ0n) is 14.0. The van der Waals surface area contributed by atoms with Gasteiger partial charge in [-0.25, -0.2) is 0 Å². The number of anilines is 1. The summed E-state index contributed by atoms with van der Waals surface area (Å²) in [6.07, 6.45) is 8.91. The second-order valence-corrected chi connectivity index (χ2v) is 6.99. The van der Waals surface area contributed by atoms with Gasteiger partial charge in [0.1, 0.15) is 0 Å². The van der Waals surface area contributed by atoms with Crippen LogP contribution in [0.3, 0.4) is 0 Å². The molecule has 128 valence electrons. The van der Waals surface area contributed by atoms with Crippen LogP contribution in [0.25, 0.3) is 0 Å². The highest BCUT2D eigenvalue weighted by Gasteiger charge is 2.35. The molecule has 0 aromatic heterocycles. The number of carbonyl (C=O) groups excluding carboxylic acids is 1. The molecule has 4 heteroatoms. The molecule has 3 rings (SSSR count). The lowest BCUT2D eigenvalue weighted by Crippen LogP contribution is -2.34. The van der Waals surface area contributed by atoms with Crippen LogP contribution in [0.2, 0.25) is 0 Å². The van der Waals surface area contributed by atoms with Crippen LogP contribution in [0.15, 0.2) is 24.3 Å². The summed E-state index contributed by atoms with van der Waals surface area (Å²) in [5, 5.41) is 6.34. The Balaban J connectivity index is 0.00000192. The van der Waals surface area contributed by atoms with Gasteiger partial charge in [-0.05, 0) is 49.8 Å². The zero-order chi connectivity index (χ0) is 15.4. The molecule has 1 amide bonds. The van der Waals surface area contributed by atoms with Gasteiger partial charge in [0, 0.05) is 18.2 Å². The number of halogens is 1. The van der Waals surface area contributed by atoms with Crippen molar-refractivity contribution in [1.29, 1.82) is 0 Å². The topological polar surface area (TPSA) is 41.1 Å². The molecule has 0 bridgehead atoms. The average Bonchev–Trinajstić information content (AvgIpc) is 2.56. The normalized spacial score (nSPS) is 26.7. The SMILES string of the molecule is CNCc1ccccc1NC(=O)C1CCC2CCCCC2C1.Cl. The molecule has 0 saturated heterocycles. The van der Waals surface area contributed by atoms with E-state index in [1.807, 2.05) is 25.2 Å². The van der Waals surface area contributed by atoms with E-state index in [0.717, 1.165) is 42.5 Å². The van der Waals surface area contributed by atoms with Crippen molar-refractivity contribution in [2.24, 2.45) is 17.8 Å². The van der Waals surface area contributed by atoms with E-state index in [0.29, 0.717) is 0 Å². The fourth-order valence-corrected chi connectivity index (χ4v) is 4.33. The number of amides is 1. The van der Waals surface area contributed by atoms with Crippen LogP contribution in [-0.2, 0) is 11.3 Å². The van der Waals surface area contributed by atoms with Gasteiger partial charge in [0.2, 0.25) is 5.91 Å². The molecule has 0 spiro atoms. The molecule has 0 aliphatic heterocycles. The monoisotopic (exact) mass is 336 g/mol. The first-order chi connectivity index (χ1) is 10.8. The molecule has 3 nitrogen and oxygen atoms in total. The van der Waals surface area contributed by atoms with Crippen LogP contribution in [0.4, 0.5) is 5.69 Å². The number of carbonyl (C=O) groups is 1. The molecule has 23 heavy (non-hydrogen) atoms. The summed E-state index contributed by atoms with van der Waals surface area (Å²) in [5.74, 6) is 2.13. The molecule has 2 aliphatic rings. The summed E-state index contributed by atoms with van der Waals surface area (Å²) >= 11 is 0. The van der Waals surface area contributed by atoms with Crippen molar-refractivity contribution in [2.45, 2.75) is 51.5 Å². The number of fused-ring (bicyclic) bond motifs is 1. The van der Waals surface area contributed by atoms with E-state index in [2.05, 4.69) is 16.7 Å². The molecule has 2 N–H and O–H groups in total. The first-order valence-electron chi connectivity index (χ1n) is 8.81. The minimum atomic E-state index is 0. The first-order valence-corrected chi connectivity index (χ1v) is 8.81. The second-order valence-electron chi connectivity index (χ2n) is 6.99. The fourth-order valence-electron chi connectivity index (χ4n) is 4.33. The maximum Gasteiger partial charge on any atom is 0.227 e. The van der Waals surface area contributed by atoms with E-state index in [1.165, 1.54) is 32.1 Å². The number of hydrogen-bond acceptors (Lipinski definition) is 2. The Hall–Kier alpha value is -1.06. The van der Waals surface area contributed by atoms with E-state index in [1.54, 1.807) is 0 Å². The largest absolute Gasteiger partial charge is 0.326 e. The van der Waals surface area contributed by atoms with Gasteiger partial charge in [0.15, 0.2) is 0 Å². The lowest BCUT2D eigenvalue weighted by atomic mass is 9.67. The molecule has 1 aromatic rings. The molecule has 0 heterocycles. The summed E-state index contributed by atoms with van der Waals surface area (Å²) in [5.41, 5.74) is 2.12. The van der Waals surface area contributed by atoms with E-state index >= 15 is 0 Å². The van der Waals surface area contributed by atoms with Crippen LogP contribution in [0.1, 0.15) is 50.5 Å². The maximum atomic E-state index is 12.7. The van der Waals surface area contributed by atoms with Gasteiger partial charge in [-0.2, -0.15) is 0 Å². The lowest BCUT2D eigenvalue weighted by molar-refractivity contribution is -0.122. The summed E-state index contributed by atoms with van der Waals surface area (Å²) in [4.78, 5) is 12.7. The smallest absolute Gasteiger partial charge is 0.227 e. The molecule has 0 radical (unpaired) electrons. The van der Waals surface area contributed by atoms with Gasteiger partial charge in [-0.3, -0.25) is 4.79 Å². The van der Waals surface area contributed by atoms with Crippen molar-refractivity contribution in [2.75, 3.05) is 12.4 Å². The molecular formula is C19H29ClN2O. The summed E-state index contributed by atoms with van der Waals surface area (Å²) in [7, 11) is 1.93. The summed E-state index contributed by atoms with van der Waals surface area (Å²) in [6, 6.07) is 8.10. The summed E-state index contributed by atoms with van der Waals surface area (Å²) in [6.45, 7) is 0.784. The Kier molecular flexibility index (Phi) is 6.91. The maximum absolute atomic E-state index is 12.7. The van der Waals surface area contributed by atoms with Crippen LogP contribution in [0, 0.1) is 17.8 Å². The second kappa shape index (κ2) is 8.70. The van der Waals surface area contributed by atoms with Crippen molar-refractivity contribution >= 4 is 24.0 Å². The Morgan fingerprint density at radius 1 is 1.09 bits per heavy atom. The zero-order valence-corrected chi connectivity index (χ0v) is 14.8. The minimum Gasteiger partial charge on any atom is -0.326 e. The van der Waals surface area contributed by atoms with Crippen molar-refractivity contribution < 1.29 is 4.79 Å². The fraction of sp³-hybridized carbons (Fsp3) is 0.632. The molecule has 3 atom stereocenters. The quantitative estimate of drug-likeness (QED) is 0.857. The van der Waals surface area contributed by atoms with Gasteiger partial charge < -0.3 is 10.6 Å². The third kappa shape index (κ3) is 4.48. The van der Waals surface area contributed by atoms with Gasteiger partial charge in [-0.1, -0.05) is 43.9 Å². The Morgan fingerprint density at radius 3 is 2.61 bits per heavy atom. The highest BCUT2D eigenvalue weighted by Crippen LogP contribution is 2.42. The Labute approximate surface area is 146 Å². The Morgan fingerprint density at radius 2 is 1.83 bits per heavy atom. The van der Waals surface area contributed by atoms with E-state index in [4.69, 9.17) is 0 Å². The van der Waals surface area contributed by atoms with Crippen LogP contribution < -0.4 is 10.6 Å². The van der Waals surface area contributed by atoms with Crippen LogP contribution in [-0.4, -0.2) is 13.0 Å². The van der Waals surface area contributed by atoms with E-state index in [9.17, 15) is 4.79 Å². The van der Waals surface area contributed by atoms with Gasteiger partial charge in [-0.15, -0.1) is 12.4 Å². The standard InChI is InChI=1S/C19H28N2O.ClH/c1-20-13-17-8-4-5-9-18(17)21-19(22)16-11-10-14-6-2-3-7-15(14)12-16;/h4-5,8-9,14-16,20H,2-3,6-7,10-13H2,1H3,(H,21,22);1H. The predicted molar refractivity (Wildman–Crippen MR) is 97.9 cm³/mol. The third-order valence-electron chi connectivity index (χ3n) is 5.55. The predicted octanol–water partition coefficient (Wildman–Crippen LogP) is 4.37. The van der Waals surface area contributed by atoms with Gasteiger partial charge in [0.05, 0.1) is 0 Å². The molecular weight excluding hydrogens is 308 g/mol. The highest BCUT2D eigenvalue weighted by atomic mass is 35.5. The summed E-state index contributed by atoms with van der Waals surface area (Å²) < 4.78 is 0. The van der Waals surface area contributed by atoms with Crippen molar-refractivity contribution in [3.8, 4) is 0 Å². The molecule has 2 aliphatic carbocycles. The number of nitrogens with one attached hydrogen (secondary N) is 2. The van der Waals surface area contributed by atoms with Crippen LogP contribution >= 0.6 is 12.4 Å². The molecule has 2 fully saturated rings. The van der Waals surface area contributed by atoms with Crippen molar-refractivity contribution in [3.05, 3.63) is 29.8 Å². The van der Waals surface area contributed by atoms with Gasteiger partial charge in [0.25, 0.3) is 0 Å². The molecule has 3 unspecified atom stereocenters. The third-order valence-corrected chi connectivity index (χ3v) is 5.55. The van der Waals surface area contributed by atoms with E-state index in [-0.39, 0.29) is 24.2 Å². The average molecular weight is 337 g/mol. The van der Waals surface area contributed by atoms with Crippen LogP contribution in [0.5, 0.6) is 0 Å². The first kappa shape index (κ1) is 18.3. The minimum absolute atomic E-state index is 0. The highest BCUT2D eigenvalue weighted by molar-refractivity contribution is 5.93. The molecule has 1 aromatic carbocycles. The number of rotatable bonds is 4. The number of hydrogen-bond donors (Lipinski definition) is 2. The number of benzene rings is 1. The van der Waals surface area contributed by atoms with Crippen molar-refractivity contribution in [3.63, 3.8) is 0 Å². The lowest BCUT2D eigenvalue weighted by Gasteiger charge is -2.38.